The Morgan fingerprint density at radius 2 is 2.22 bits per heavy atom. The van der Waals surface area contributed by atoms with E-state index < -0.39 is 5.97 Å². The van der Waals surface area contributed by atoms with E-state index in [1.165, 1.54) is 5.01 Å². The summed E-state index contributed by atoms with van der Waals surface area (Å²) < 4.78 is 10.2. The Bertz CT molecular complexity index is 882. The highest BCUT2D eigenvalue weighted by Gasteiger charge is 2.24. The van der Waals surface area contributed by atoms with Crippen LogP contribution in [0, 0.1) is 0 Å². The van der Waals surface area contributed by atoms with Crippen molar-refractivity contribution in [3.63, 3.8) is 0 Å². The minimum atomic E-state index is -0.476. The smallest absolute Gasteiger partial charge is 0.360 e. The van der Waals surface area contributed by atoms with Gasteiger partial charge >= 0.3 is 5.97 Å². The molecule has 27 heavy (non-hydrogen) atoms. The van der Waals surface area contributed by atoms with Gasteiger partial charge in [-0.15, -0.1) is 22.7 Å². The van der Waals surface area contributed by atoms with Crippen LogP contribution in [0.2, 0.25) is 0 Å². The van der Waals surface area contributed by atoms with Gasteiger partial charge in [-0.25, -0.2) is 14.8 Å². The van der Waals surface area contributed by atoms with Crippen LogP contribution in [0.25, 0.3) is 11.5 Å². The second-order valence-electron chi connectivity index (χ2n) is 6.34. The van der Waals surface area contributed by atoms with Gasteiger partial charge in [0.1, 0.15) is 10.7 Å². The molecule has 1 aliphatic rings. The molecule has 0 unspecified atom stereocenters. The molecule has 1 saturated heterocycles. The first-order chi connectivity index (χ1) is 13.2. The normalized spacial score (nSPS) is 15.9. The van der Waals surface area contributed by atoms with Crippen molar-refractivity contribution in [3.05, 3.63) is 38.7 Å². The lowest BCUT2D eigenvalue weighted by atomic mass is 9.97. The second kappa shape index (κ2) is 8.28. The molecule has 0 saturated carbocycles. The number of rotatable bonds is 6. The number of ether oxygens (including phenoxy) is 1. The first-order valence-corrected chi connectivity index (χ1v) is 10.7. The maximum absolute atomic E-state index is 11.7. The molecular formula is C18H20N4O3S2. The number of carbonyl (C=O) groups excluding carboxylic acids is 1. The van der Waals surface area contributed by atoms with E-state index in [1.54, 1.807) is 35.7 Å². The lowest BCUT2D eigenvalue weighted by molar-refractivity contribution is 0.0514. The molecule has 0 aromatic carbocycles. The van der Waals surface area contributed by atoms with Crippen LogP contribution in [-0.2, 0) is 11.3 Å². The van der Waals surface area contributed by atoms with Crippen LogP contribution in [0.4, 0.5) is 0 Å². The summed E-state index contributed by atoms with van der Waals surface area (Å²) in [7, 11) is 0. The molecule has 3 aromatic rings. The minimum Gasteiger partial charge on any atom is -0.461 e. The zero-order valence-electron chi connectivity index (χ0n) is 15.0. The molecule has 142 valence electrons. The highest BCUT2D eigenvalue weighted by Crippen LogP contribution is 2.33. The number of nitrogens with zero attached hydrogens (tertiary/aromatic N) is 4. The van der Waals surface area contributed by atoms with E-state index in [-0.39, 0.29) is 5.69 Å². The number of aromatic nitrogens is 3. The molecule has 0 N–H and O–H groups in total. The number of esters is 1. The van der Waals surface area contributed by atoms with Crippen molar-refractivity contribution in [2.24, 2.45) is 0 Å². The van der Waals surface area contributed by atoms with Gasteiger partial charge in [-0.3, -0.25) is 4.90 Å². The van der Waals surface area contributed by atoms with Crippen molar-refractivity contribution < 1.29 is 14.1 Å². The molecule has 0 spiro atoms. The molecule has 7 nitrogen and oxygen atoms in total. The Morgan fingerprint density at radius 3 is 2.96 bits per heavy atom. The van der Waals surface area contributed by atoms with Crippen LogP contribution in [0.5, 0.6) is 0 Å². The Labute approximate surface area is 165 Å². The summed E-state index contributed by atoms with van der Waals surface area (Å²) >= 11 is 3.35. The summed E-state index contributed by atoms with van der Waals surface area (Å²) in [5.41, 5.74) is 0.903. The van der Waals surface area contributed by atoms with Gasteiger partial charge in [0.2, 0.25) is 0 Å². The summed E-state index contributed by atoms with van der Waals surface area (Å²) in [4.78, 5) is 23.3. The van der Waals surface area contributed by atoms with Crippen LogP contribution in [-0.4, -0.2) is 45.7 Å². The average Bonchev–Trinajstić information content (AvgIpc) is 3.43. The van der Waals surface area contributed by atoms with Gasteiger partial charge in [0.15, 0.2) is 11.5 Å². The van der Waals surface area contributed by atoms with Gasteiger partial charge in [-0.1, -0.05) is 5.16 Å². The molecule has 4 heterocycles. The highest BCUT2D eigenvalue weighted by atomic mass is 32.1. The highest BCUT2D eigenvalue weighted by molar-refractivity contribution is 7.10. The van der Waals surface area contributed by atoms with Gasteiger partial charge in [0.25, 0.3) is 0 Å². The zero-order valence-corrected chi connectivity index (χ0v) is 16.6. The monoisotopic (exact) mass is 404 g/mol. The minimum absolute atomic E-state index is 0.178. The maximum Gasteiger partial charge on any atom is 0.360 e. The van der Waals surface area contributed by atoms with Crippen LogP contribution < -0.4 is 0 Å². The molecule has 1 fully saturated rings. The third-order valence-electron chi connectivity index (χ3n) is 4.55. The molecule has 1 aliphatic heterocycles. The second-order valence-corrected chi connectivity index (χ2v) is 8.21. The van der Waals surface area contributed by atoms with E-state index in [9.17, 15) is 4.79 Å². The van der Waals surface area contributed by atoms with Crippen LogP contribution in [0.1, 0.15) is 46.2 Å². The van der Waals surface area contributed by atoms with E-state index in [0.717, 1.165) is 43.2 Å². The number of carbonyl (C=O) groups is 1. The Balaban J connectivity index is 1.36. The van der Waals surface area contributed by atoms with Crippen molar-refractivity contribution in [1.82, 2.24) is 20.0 Å². The molecule has 3 aromatic heterocycles. The summed E-state index contributed by atoms with van der Waals surface area (Å²) in [6, 6.07) is 1.59. The molecule has 0 aliphatic carbocycles. The average molecular weight is 405 g/mol. The molecule has 0 atom stereocenters. The number of piperidine rings is 1. The predicted molar refractivity (Wildman–Crippen MR) is 103 cm³/mol. The van der Waals surface area contributed by atoms with E-state index in [1.807, 2.05) is 17.0 Å². The lowest BCUT2D eigenvalue weighted by Gasteiger charge is -2.30. The van der Waals surface area contributed by atoms with E-state index in [0.29, 0.717) is 18.3 Å². The number of likely N-dealkylation sites (tertiary alicyclic amines) is 1. The lowest BCUT2D eigenvalue weighted by Crippen LogP contribution is -2.32. The van der Waals surface area contributed by atoms with Gasteiger partial charge < -0.3 is 9.26 Å². The van der Waals surface area contributed by atoms with Gasteiger partial charge in [0, 0.05) is 28.9 Å². The molecule has 0 bridgehead atoms. The summed E-state index contributed by atoms with van der Waals surface area (Å²) in [5, 5.41) is 10.1. The topological polar surface area (TPSA) is 81.4 Å². The van der Waals surface area contributed by atoms with Crippen molar-refractivity contribution in [3.8, 4) is 11.5 Å². The third kappa shape index (κ3) is 4.26. The van der Waals surface area contributed by atoms with Gasteiger partial charge in [-0.2, -0.15) is 0 Å². The van der Waals surface area contributed by atoms with Crippen LogP contribution in [0.3, 0.4) is 0 Å². The van der Waals surface area contributed by atoms with Crippen LogP contribution >= 0.6 is 22.7 Å². The van der Waals surface area contributed by atoms with Gasteiger partial charge in [-0.05, 0) is 32.9 Å². The summed E-state index contributed by atoms with van der Waals surface area (Å²) in [6.07, 6.45) is 4.03. The van der Waals surface area contributed by atoms with Crippen molar-refractivity contribution in [1.29, 1.82) is 0 Å². The summed E-state index contributed by atoms with van der Waals surface area (Å²) in [5.74, 6) is 0.487. The maximum atomic E-state index is 11.7. The zero-order chi connectivity index (χ0) is 18.6. The standard InChI is InChI=1S/C18H20N4O3S2/c1-2-24-18(23)13-9-15(25-21-13)14-11-27-17(20-14)12-3-6-22(7-4-12)10-16-19-5-8-26-16/h5,8-9,11-12H,2-4,6-7,10H2,1H3. The Hall–Kier alpha value is -2.10. The fourth-order valence-corrected chi connectivity index (χ4v) is 4.78. The van der Waals surface area contributed by atoms with E-state index >= 15 is 0 Å². The van der Waals surface area contributed by atoms with E-state index in [4.69, 9.17) is 14.2 Å². The van der Waals surface area contributed by atoms with Crippen LogP contribution in [0.15, 0.2) is 27.5 Å². The van der Waals surface area contributed by atoms with E-state index in [2.05, 4.69) is 15.0 Å². The number of hydrogen-bond acceptors (Lipinski definition) is 9. The van der Waals surface area contributed by atoms with Crippen molar-refractivity contribution in [2.45, 2.75) is 32.2 Å². The molecule has 0 amide bonds. The number of hydrogen-bond donors (Lipinski definition) is 0. The largest absolute Gasteiger partial charge is 0.461 e. The fourth-order valence-electron chi connectivity index (χ4n) is 3.15. The first-order valence-electron chi connectivity index (χ1n) is 8.93. The molecule has 0 radical (unpaired) electrons. The van der Waals surface area contributed by atoms with Crippen molar-refractivity contribution in [2.75, 3.05) is 19.7 Å². The number of thiazole rings is 2. The quantitative estimate of drug-likeness (QED) is 0.578. The predicted octanol–water partition coefficient (Wildman–Crippen LogP) is 3.81. The SMILES string of the molecule is CCOC(=O)c1cc(-c2csc(C3CCN(Cc4nccs4)CC3)n2)on1. The molecule has 4 rings (SSSR count). The van der Waals surface area contributed by atoms with Gasteiger partial charge in [0.05, 0.1) is 18.2 Å². The third-order valence-corrected chi connectivity index (χ3v) is 6.32. The summed E-state index contributed by atoms with van der Waals surface area (Å²) in [6.45, 7) is 5.10. The first kappa shape index (κ1) is 18.3. The Morgan fingerprint density at radius 1 is 1.37 bits per heavy atom. The fraction of sp³-hybridized carbons (Fsp3) is 0.444. The van der Waals surface area contributed by atoms with Crippen molar-refractivity contribution >= 4 is 28.6 Å². The Kier molecular flexibility index (Phi) is 5.61. The molecular weight excluding hydrogens is 384 g/mol. The molecule has 9 heteroatoms.